The zero-order chi connectivity index (χ0) is 19.4. The van der Waals surface area contributed by atoms with Gasteiger partial charge >= 0.3 is 0 Å². The molecule has 3 atom stereocenters. The van der Waals surface area contributed by atoms with Crippen LogP contribution in [0.3, 0.4) is 0 Å². The van der Waals surface area contributed by atoms with Crippen molar-refractivity contribution in [3.05, 3.63) is 69.9 Å². The number of fused-ring (bicyclic) bond motifs is 1. The molecule has 29 heavy (non-hydrogen) atoms. The van der Waals surface area contributed by atoms with E-state index in [2.05, 4.69) is 34.0 Å². The fraction of sp³-hybridized carbons (Fsp3) is 0.435. The Labute approximate surface area is 169 Å². The number of piperidine rings is 1. The van der Waals surface area contributed by atoms with Crippen LogP contribution in [0.25, 0.3) is 10.9 Å². The molecule has 3 aliphatic rings. The van der Waals surface area contributed by atoms with Crippen molar-refractivity contribution in [1.82, 2.24) is 20.3 Å². The maximum Gasteiger partial charge on any atom is 0.251 e. The van der Waals surface area contributed by atoms with Gasteiger partial charge in [0.15, 0.2) is 0 Å². The molecule has 2 saturated heterocycles. The van der Waals surface area contributed by atoms with Crippen molar-refractivity contribution in [2.24, 2.45) is 5.92 Å². The lowest BCUT2D eigenvalue weighted by molar-refractivity contribution is 0.144. The van der Waals surface area contributed by atoms with E-state index in [-0.39, 0.29) is 11.6 Å². The number of benzene rings is 1. The highest BCUT2D eigenvalue weighted by Crippen LogP contribution is 2.35. The summed E-state index contributed by atoms with van der Waals surface area (Å²) >= 11 is 0. The number of hydrogen-bond donors (Lipinski definition) is 2. The lowest BCUT2D eigenvalue weighted by Crippen LogP contribution is -2.45. The quantitative estimate of drug-likeness (QED) is 0.720. The summed E-state index contributed by atoms with van der Waals surface area (Å²) in [6.45, 7) is 3.68. The Kier molecular flexibility index (Phi) is 4.11. The van der Waals surface area contributed by atoms with E-state index in [0.717, 1.165) is 62.3 Å². The average molecular weight is 390 g/mol. The Bertz CT molecular complexity index is 1100. The summed E-state index contributed by atoms with van der Waals surface area (Å²) in [7, 11) is 0. The number of pyridine rings is 1. The number of para-hydroxylation sites is 1. The van der Waals surface area contributed by atoms with Gasteiger partial charge in [-0.3, -0.25) is 15.1 Å². The molecule has 5 heterocycles. The first-order chi connectivity index (χ1) is 14.3. The molecule has 6 rings (SSSR count). The Morgan fingerprint density at radius 2 is 2.10 bits per heavy atom. The van der Waals surface area contributed by atoms with Gasteiger partial charge < -0.3 is 8.98 Å². The smallest absolute Gasteiger partial charge is 0.251 e. The average Bonchev–Trinajstić information content (AvgIpc) is 3.41. The van der Waals surface area contributed by atoms with Crippen LogP contribution in [0.5, 0.6) is 0 Å². The van der Waals surface area contributed by atoms with Gasteiger partial charge in [0.2, 0.25) is 0 Å². The van der Waals surface area contributed by atoms with E-state index in [4.69, 9.17) is 4.42 Å². The van der Waals surface area contributed by atoms with Gasteiger partial charge in [-0.25, -0.2) is 5.43 Å². The summed E-state index contributed by atoms with van der Waals surface area (Å²) < 4.78 is 7.65. The monoisotopic (exact) mass is 390 g/mol. The van der Waals surface area contributed by atoms with Crippen LogP contribution in [0, 0.1) is 5.92 Å². The van der Waals surface area contributed by atoms with E-state index in [9.17, 15) is 4.79 Å². The van der Waals surface area contributed by atoms with E-state index in [1.54, 1.807) is 6.26 Å². The van der Waals surface area contributed by atoms with Gasteiger partial charge in [-0.05, 0) is 42.5 Å². The first-order valence-electron chi connectivity index (χ1n) is 10.7. The zero-order valence-electron chi connectivity index (χ0n) is 16.4. The molecule has 6 nitrogen and oxygen atoms in total. The van der Waals surface area contributed by atoms with Crippen LogP contribution in [0.1, 0.15) is 35.8 Å². The van der Waals surface area contributed by atoms with E-state index < -0.39 is 0 Å². The number of hydrazine groups is 1. The predicted octanol–water partition coefficient (Wildman–Crippen LogP) is 2.58. The standard InChI is InChI=1S/C23H26N4O2/c28-21-12-16(17-6-1-4-15-5-2-9-27(21)23(15)17)13-26-10-8-19-18(14-26)22(25-24-19)20-7-3-11-29-20/h1,3-4,6-7,11-12,18-19,22,24-25H,2,5,8-10,13-14H2. The van der Waals surface area contributed by atoms with Crippen LogP contribution in [0.15, 0.2) is 51.9 Å². The van der Waals surface area contributed by atoms with E-state index >= 15 is 0 Å². The van der Waals surface area contributed by atoms with E-state index in [0.29, 0.717) is 12.0 Å². The number of nitrogens with one attached hydrogen (secondary N) is 2. The maximum absolute atomic E-state index is 12.8. The zero-order valence-corrected chi connectivity index (χ0v) is 16.4. The molecule has 0 radical (unpaired) electrons. The van der Waals surface area contributed by atoms with Gasteiger partial charge in [0.05, 0.1) is 17.8 Å². The summed E-state index contributed by atoms with van der Waals surface area (Å²) in [6, 6.07) is 13.0. The molecule has 0 aliphatic carbocycles. The van der Waals surface area contributed by atoms with Crippen molar-refractivity contribution in [3.63, 3.8) is 0 Å². The molecular weight excluding hydrogens is 364 g/mol. The Hall–Kier alpha value is -2.41. The minimum absolute atomic E-state index is 0.146. The highest BCUT2D eigenvalue weighted by Gasteiger charge is 2.41. The van der Waals surface area contributed by atoms with Gasteiger partial charge in [0.1, 0.15) is 5.76 Å². The molecule has 3 unspecified atom stereocenters. The van der Waals surface area contributed by atoms with Crippen molar-refractivity contribution >= 4 is 10.9 Å². The van der Waals surface area contributed by atoms with Crippen LogP contribution >= 0.6 is 0 Å². The third kappa shape index (κ3) is 2.86. The van der Waals surface area contributed by atoms with Crippen LogP contribution in [-0.2, 0) is 19.5 Å². The van der Waals surface area contributed by atoms with E-state index in [1.165, 1.54) is 10.9 Å². The molecule has 3 aromatic rings. The van der Waals surface area contributed by atoms with Crippen LogP contribution < -0.4 is 16.4 Å². The van der Waals surface area contributed by atoms with Crippen molar-refractivity contribution < 1.29 is 4.42 Å². The Balaban J connectivity index is 1.31. The molecule has 1 aromatic carbocycles. The van der Waals surface area contributed by atoms with Crippen molar-refractivity contribution in [2.75, 3.05) is 13.1 Å². The summed E-state index contributed by atoms with van der Waals surface area (Å²) in [5, 5.41) is 1.24. The van der Waals surface area contributed by atoms with E-state index in [1.807, 2.05) is 22.8 Å². The second kappa shape index (κ2) is 6.83. The molecule has 2 aromatic heterocycles. The molecule has 150 valence electrons. The van der Waals surface area contributed by atoms with Gasteiger partial charge in [-0.2, -0.15) is 0 Å². The van der Waals surface area contributed by atoms with Crippen LogP contribution in [0.4, 0.5) is 0 Å². The third-order valence-corrected chi connectivity index (χ3v) is 6.97. The SMILES string of the molecule is O=c1cc(CN2CCC3NNC(c4ccco4)C3C2)c2cccc3c2n1CCC3. The summed E-state index contributed by atoms with van der Waals surface area (Å²) in [5.41, 5.74) is 10.7. The van der Waals surface area contributed by atoms with Crippen molar-refractivity contribution in [1.29, 1.82) is 0 Å². The Morgan fingerprint density at radius 3 is 3.00 bits per heavy atom. The first-order valence-corrected chi connectivity index (χ1v) is 10.7. The second-order valence-corrected chi connectivity index (χ2v) is 8.65. The minimum Gasteiger partial charge on any atom is -0.468 e. The Morgan fingerprint density at radius 1 is 1.14 bits per heavy atom. The predicted molar refractivity (Wildman–Crippen MR) is 111 cm³/mol. The number of rotatable bonds is 3. The van der Waals surface area contributed by atoms with Gasteiger partial charge in [0.25, 0.3) is 5.56 Å². The topological polar surface area (TPSA) is 62.4 Å². The molecule has 0 spiro atoms. The number of aryl methyl sites for hydroxylation is 2. The molecule has 3 aliphatic heterocycles. The molecule has 2 fully saturated rings. The third-order valence-electron chi connectivity index (χ3n) is 6.97. The number of nitrogens with zero attached hydrogens (tertiary/aromatic N) is 2. The van der Waals surface area contributed by atoms with Gasteiger partial charge in [-0.1, -0.05) is 18.2 Å². The lowest BCUT2D eigenvalue weighted by Gasteiger charge is -2.36. The number of aromatic nitrogens is 1. The lowest BCUT2D eigenvalue weighted by atomic mass is 9.87. The van der Waals surface area contributed by atoms with Gasteiger partial charge in [0, 0.05) is 49.6 Å². The molecule has 6 heteroatoms. The van der Waals surface area contributed by atoms with Crippen LogP contribution in [0.2, 0.25) is 0 Å². The van der Waals surface area contributed by atoms with Gasteiger partial charge in [-0.15, -0.1) is 0 Å². The number of likely N-dealkylation sites (tertiary alicyclic amines) is 1. The highest BCUT2D eigenvalue weighted by molar-refractivity contribution is 5.86. The number of furan rings is 1. The van der Waals surface area contributed by atoms with Crippen molar-refractivity contribution in [3.8, 4) is 0 Å². The molecule has 2 N–H and O–H groups in total. The number of hydrogen-bond acceptors (Lipinski definition) is 5. The largest absolute Gasteiger partial charge is 0.468 e. The first kappa shape index (κ1) is 17.4. The summed E-state index contributed by atoms with van der Waals surface area (Å²) in [4.78, 5) is 15.3. The molecular formula is C23H26N4O2. The second-order valence-electron chi connectivity index (χ2n) is 8.65. The minimum atomic E-state index is 0.146. The highest BCUT2D eigenvalue weighted by atomic mass is 16.3. The summed E-state index contributed by atoms with van der Waals surface area (Å²) in [5.74, 6) is 1.45. The molecule has 0 saturated carbocycles. The molecule has 0 amide bonds. The fourth-order valence-corrected chi connectivity index (χ4v) is 5.57. The maximum atomic E-state index is 12.8. The molecule has 0 bridgehead atoms. The summed E-state index contributed by atoms with van der Waals surface area (Å²) in [6.07, 6.45) is 4.95. The fourth-order valence-electron chi connectivity index (χ4n) is 5.57. The van der Waals surface area contributed by atoms with Crippen LogP contribution in [-0.4, -0.2) is 28.6 Å². The van der Waals surface area contributed by atoms with Crippen molar-refractivity contribution in [2.45, 2.75) is 44.4 Å². The normalized spacial score (nSPS) is 26.7.